The highest BCUT2D eigenvalue weighted by Crippen LogP contribution is 1.90. The third-order valence-electron chi connectivity index (χ3n) is 3.20. The van der Waals surface area contributed by atoms with E-state index in [-0.39, 0.29) is 32.5 Å². The zero-order chi connectivity index (χ0) is 34.2. The van der Waals surface area contributed by atoms with Crippen molar-refractivity contribution >= 4 is 24.4 Å². The molecule has 0 saturated carbocycles. The third-order valence-corrected chi connectivity index (χ3v) is 3.20. The zero-order valence-corrected chi connectivity index (χ0v) is 28.5. The molecular formula is C30H62N2O10. The lowest BCUT2D eigenvalue weighted by molar-refractivity contribution is -0.139. The Kier molecular flexibility index (Phi) is 58.9. The highest BCUT2D eigenvalue weighted by molar-refractivity contribution is 5.86. The zero-order valence-electron chi connectivity index (χ0n) is 28.5. The highest BCUT2D eigenvalue weighted by atomic mass is 16.6. The predicted octanol–water partition coefficient (Wildman–Crippen LogP) is 4.85. The molecule has 12 heteroatoms. The number of ether oxygens (including phenoxy) is 6. The average Bonchev–Trinajstić information content (AvgIpc) is 2.99. The van der Waals surface area contributed by atoms with Crippen molar-refractivity contribution in [2.24, 2.45) is 0 Å². The van der Waals surface area contributed by atoms with Crippen LogP contribution in [0.1, 0.15) is 76.2 Å². The lowest BCUT2D eigenvalue weighted by atomic mass is 10.4. The van der Waals surface area contributed by atoms with Crippen molar-refractivity contribution < 1.29 is 47.6 Å². The molecule has 0 atom stereocenters. The minimum absolute atomic E-state index is 0.0858. The summed E-state index contributed by atoms with van der Waals surface area (Å²) in [7, 11) is 1.67. The summed E-state index contributed by atoms with van der Waals surface area (Å²) in [4.78, 5) is 42.1. The molecule has 42 heavy (non-hydrogen) atoms. The van der Waals surface area contributed by atoms with Crippen molar-refractivity contribution in [3.8, 4) is 0 Å². The number of hydrogen-bond donors (Lipinski definition) is 2. The molecule has 0 aliphatic rings. The number of rotatable bonds is 17. The molecule has 0 heterocycles. The summed E-state index contributed by atoms with van der Waals surface area (Å²) in [6.45, 7) is 30.8. The maximum atomic E-state index is 11.1. The fourth-order valence-electron chi connectivity index (χ4n) is 1.58. The standard InChI is InChI=1S/C11H19NO5.C7H11NO3.C6H14O2.3C2H6/c1-4-10(13)16-6-5-12-11(14)17-8-7-15-9(2)3;1-6(2)7(10)11-4-3-8-5-9;1-6(2)8-5-4-7-3;3*1-2/h4,9H,1,5-8H2,2-3H3,(H,12,14);5H,1,3-4H2,2H3,(H,8,9);6H,4-5H2,1-3H3;3*1-2H3. The van der Waals surface area contributed by atoms with Crippen molar-refractivity contribution in [3.63, 3.8) is 0 Å². The first-order valence-electron chi connectivity index (χ1n) is 14.4. The number of methoxy groups -OCH3 is 1. The van der Waals surface area contributed by atoms with Crippen molar-refractivity contribution in [1.82, 2.24) is 10.6 Å². The van der Waals surface area contributed by atoms with Crippen molar-refractivity contribution in [3.05, 3.63) is 24.8 Å². The number of alkyl carbamates (subject to hydrolysis) is 1. The van der Waals surface area contributed by atoms with Gasteiger partial charge in [0.1, 0.15) is 19.8 Å². The Morgan fingerprint density at radius 2 is 1.21 bits per heavy atom. The molecule has 0 aromatic carbocycles. The van der Waals surface area contributed by atoms with Crippen LogP contribution in [-0.4, -0.2) is 96.5 Å². The molecule has 12 nitrogen and oxygen atoms in total. The molecule has 0 fully saturated rings. The summed E-state index contributed by atoms with van der Waals surface area (Å²) in [6, 6.07) is 0. The molecular weight excluding hydrogens is 548 g/mol. The molecule has 0 spiro atoms. The Labute approximate surface area is 255 Å². The Morgan fingerprint density at radius 1 is 0.738 bits per heavy atom. The van der Waals surface area contributed by atoms with Crippen LogP contribution in [0.25, 0.3) is 0 Å². The molecule has 2 amide bonds. The smallest absolute Gasteiger partial charge is 0.407 e. The first-order chi connectivity index (χ1) is 20.0. The van der Waals surface area contributed by atoms with Crippen LogP contribution in [-0.2, 0) is 42.8 Å². The molecule has 0 aromatic heterocycles. The van der Waals surface area contributed by atoms with Gasteiger partial charge in [0, 0.05) is 18.8 Å². The maximum Gasteiger partial charge on any atom is 0.407 e. The second-order valence-corrected chi connectivity index (χ2v) is 7.25. The summed E-state index contributed by atoms with van der Waals surface area (Å²) in [5.74, 6) is -0.955. The van der Waals surface area contributed by atoms with Gasteiger partial charge in [0.2, 0.25) is 6.41 Å². The van der Waals surface area contributed by atoms with E-state index in [1.807, 2.05) is 69.2 Å². The summed E-state index contributed by atoms with van der Waals surface area (Å²) in [6.07, 6.45) is 1.48. The second-order valence-electron chi connectivity index (χ2n) is 7.25. The quantitative estimate of drug-likeness (QED) is 0.0769. The Balaban J connectivity index is -0.000000112. The van der Waals surface area contributed by atoms with E-state index < -0.39 is 18.0 Å². The molecule has 0 unspecified atom stereocenters. The van der Waals surface area contributed by atoms with E-state index in [9.17, 15) is 19.2 Å². The maximum absolute atomic E-state index is 11.1. The van der Waals surface area contributed by atoms with Gasteiger partial charge < -0.3 is 39.1 Å². The van der Waals surface area contributed by atoms with Crippen LogP contribution >= 0.6 is 0 Å². The van der Waals surface area contributed by atoms with Gasteiger partial charge in [0.05, 0.1) is 45.1 Å². The van der Waals surface area contributed by atoms with E-state index in [1.54, 1.807) is 14.0 Å². The Morgan fingerprint density at radius 3 is 1.62 bits per heavy atom. The fraction of sp³-hybridized carbons (Fsp3) is 0.733. The number of esters is 2. The molecule has 0 aromatic rings. The van der Waals surface area contributed by atoms with Crippen LogP contribution in [0.15, 0.2) is 24.8 Å². The van der Waals surface area contributed by atoms with Gasteiger partial charge >= 0.3 is 18.0 Å². The van der Waals surface area contributed by atoms with Gasteiger partial charge in [-0.1, -0.05) is 54.7 Å². The van der Waals surface area contributed by atoms with Crippen molar-refractivity contribution in [2.45, 2.75) is 88.4 Å². The predicted molar refractivity (Wildman–Crippen MR) is 168 cm³/mol. The highest BCUT2D eigenvalue weighted by Gasteiger charge is 2.02. The lowest BCUT2D eigenvalue weighted by Gasteiger charge is -2.09. The van der Waals surface area contributed by atoms with Gasteiger partial charge in [-0.2, -0.15) is 0 Å². The van der Waals surface area contributed by atoms with E-state index in [4.69, 9.17) is 18.9 Å². The number of nitrogens with one attached hydrogen (secondary N) is 2. The largest absolute Gasteiger partial charge is 0.461 e. The van der Waals surface area contributed by atoms with Crippen LogP contribution in [0.2, 0.25) is 0 Å². The minimum atomic E-state index is -0.563. The Bertz CT molecular complexity index is 613. The molecule has 0 saturated heterocycles. The van der Waals surface area contributed by atoms with E-state index in [0.717, 1.165) is 6.08 Å². The van der Waals surface area contributed by atoms with Gasteiger partial charge in [-0.05, 0) is 34.6 Å². The van der Waals surface area contributed by atoms with Gasteiger partial charge in [-0.25, -0.2) is 14.4 Å². The van der Waals surface area contributed by atoms with Crippen LogP contribution in [0.5, 0.6) is 0 Å². The number of carbonyl (C=O) groups excluding carboxylic acids is 4. The van der Waals surface area contributed by atoms with E-state index in [1.165, 1.54) is 0 Å². The van der Waals surface area contributed by atoms with Gasteiger partial charge in [-0.15, -0.1) is 0 Å². The monoisotopic (exact) mass is 610 g/mol. The number of amides is 2. The molecule has 252 valence electrons. The molecule has 0 rings (SSSR count). The average molecular weight is 611 g/mol. The third kappa shape index (κ3) is 61.2. The normalized spacial score (nSPS) is 8.62. The SMILES string of the molecule is C=C(C)C(=O)OCCNC=O.C=CC(=O)OCCNC(=O)OCCOC(C)C.CC.CC.CC.COCCOC(C)C. The summed E-state index contributed by atoms with van der Waals surface area (Å²) in [5, 5.41) is 4.78. The topological polar surface area (TPSA) is 148 Å². The lowest BCUT2D eigenvalue weighted by Crippen LogP contribution is -2.29. The molecule has 2 N–H and O–H groups in total. The van der Waals surface area contributed by atoms with Crippen molar-refractivity contribution in [2.75, 3.05) is 59.8 Å². The second kappa shape index (κ2) is 47.8. The first kappa shape index (κ1) is 51.8. The summed E-state index contributed by atoms with van der Waals surface area (Å²) in [5.41, 5.74) is 0.358. The number of hydrogen-bond acceptors (Lipinski definition) is 10. The first-order valence-corrected chi connectivity index (χ1v) is 14.4. The van der Waals surface area contributed by atoms with E-state index in [0.29, 0.717) is 44.5 Å². The summed E-state index contributed by atoms with van der Waals surface area (Å²) >= 11 is 0. The fourth-order valence-corrected chi connectivity index (χ4v) is 1.58. The molecule has 0 radical (unpaired) electrons. The van der Waals surface area contributed by atoms with Gasteiger partial charge in [0.15, 0.2) is 0 Å². The van der Waals surface area contributed by atoms with Crippen molar-refractivity contribution in [1.29, 1.82) is 0 Å². The molecule has 0 aliphatic carbocycles. The van der Waals surface area contributed by atoms with E-state index >= 15 is 0 Å². The Hall–Kier alpha value is -2.96. The summed E-state index contributed by atoms with van der Waals surface area (Å²) < 4.78 is 29.2. The van der Waals surface area contributed by atoms with Gasteiger partial charge in [0.25, 0.3) is 0 Å². The minimum Gasteiger partial charge on any atom is -0.461 e. The molecule has 0 aliphatic heterocycles. The van der Waals surface area contributed by atoms with Crippen LogP contribution in [0.3, 0.4) is 0 Å². The van der Waals surface area contributed by atoms with Crippen LogP contribution in [0, 0.1) is 0 Å². The van der Waals surface area contributed by atoms with E-state index in [2.05, 4.69) is 33.3 Å². The van der Waals surface area contributed by atoms with Crippen LogP contribution < -0.4 is 10.6 Å². The molecule has 0 bridgehead atoms. The van der Waals surface area contributed by atoms with Crippen LogP contribution in [0.4, 0.5) is 4.79 Å². The number of carbonyl (C=O) groups is 4. The van der Waals surface area contributed by atoms with Gasteiger partial charge in [-0.3, -0.25) is 4.79 Å².